The Morgan fingerprint density at radius 2 is 1.81 bits per heavy atom. The molecule has 0 atom stereocenters. The van der Waals surface area contributed by atoms with Crippen LogP contribution in [0.1, 0.15) is 45.2 Å². The number of benzene rings is 2. The number of phenols is 1. The van der Waals surface area contributed by atoms with Crippen LogP contribution in [0.5, 0.6) is 11.6 Å². The minimum atomic E-state index is -0.900. The fourth-order valence-electron chi connectivity index (χ4n) is 4.13. The number of nitrogens with zero attached hydrogens (tertiary/aromatic N) is 1. The first-order chi connectivity index (χ1) is 14.6. The maximum absolute atomic E-state index is 15.1. The second-order valence-corrected chi connectivity index (χ2v) is 8.67. The molecule has 0 unspecified atom stereocenters. The van der Waals surface area contributed by atoms with Crippen molar-refractivity contribution in [1.82, 2.24) is 4.98 Å². The number of phenolic OH excluding ortho intramolecular Hbond substituents is 1. The molecule has 0 amide bonds. The Morgan fingerprint density at radius 1 is 1.16 bits per heavy atom. The van der Waals surface area contributed by atoms with Gasteiger partial charge in [0.05, 0.1) is 16.5 Å². The summed E-state index contributed by atoms with van der Waals surface area (Å²) in [4.78, 5) is 16.0. The Labute approximate surface area is 178 Å². The van der Waals surface area contributed by atoms with Crippen molar-refractivity contribution >= 4 is 16.7 Å². The summed E-state index contributed by atoms with van der Waals surface area (Å²) in [6, 6.07) is 8.72. The van der Waals surface area contributed by atoms with Gasteiger partial charge in [-0.3, -0.25) is 4.79 Å². The van der Waals surface area contributed by atoms with Gasteiger partial charge in [-0.25, -0.2) is 13.8 Å². The maximum atomic E-state index is 15.1. The highest BCUT2D eigenvalue weighted by Gasteiger charge is 2.48. The fraction of sp³-hybridized carbons (Fsp3) is 0.333. The summed E-state index contributed by atoms with van der Waals surface area (Å²) < 4.78 is 34.5. The summed E-state index contributed by atoms with van der Waals surface area (Å²) in [5, 5.41) is 19.8. The zero-order valence-corrected chi connectivity index (χ0v) is 17.4. The predicted molar refractivity (Wildman–Crippen MR) is 112 cm³/mol. The molecule has 0 spiro atoms. The van der Waals surface area contributed by atoms with E-state index in [1.165, 1.54) is 18.2 Å². The lowest BCUT2D eigenvalue weighted by atomic mass is 9.68. The molecule has 0 bridgehead atoms. The fourth-order valence-corrected chi connectivity index (χ4v) is 4.13. The molecule has 1 fully saturated rings. The van der Waals surface area contributed by atoms with Crippen molar-refractivity contribution in [3.05, 3.63) is 53.7 Å². The van der Waals surface area contributed by atoms with Crippen molar-refractivity contribution in [2.24, 2.45) is 5.41 Å². The summed E-state index contributed by atoms with van der Waals surface area (Å²) in [6.45, 7) is 5.52. The standard InChI is InChI=1S/C24H23F2NO4/c1-12(2)21-18(13-4-6-14(25)7-5-13)16-8-9-17(28)20(26)19(16)22(27-21)31-15-10-24(3,11-15)23(29)30/h4-9,12,15,28H,10-11H2,1-3H3,(H,29,30)/t15-,24-. The molecule has 1 saturated carbocycles. The minimum Gasteiger partial charge on any atom is -0.505 e. The van der Waals surface area contributed by atoms with Crippen LogP contribution in [0.4, 0.5) is 8.78 Å². The van der Waals surface area contributed by atoms with Gasteiger partial charge in [0, 0.05) is 18.4 Å². The number of aromatic nitrogens is 1. The Bertz CT molecular complexity index is 1170. The van der Waals surface area contributed by atoms with Crippen molar-refractivity contribution in [1.29, 1.82) is 0 Å². The average molecular weight is 427 g/mol. The summed E-state index contributed by atoms with van der Waals surface area (Å²) in [6.07, 6.45) is 0.140. The molecular formula is C24H23F2NO4. The van der Waals surface area contributed by atoms with E-state index in [0.717, 1.165) is 0 Å². The van der Waals surface area contributed by atoms with Crippen LogP contribution >= 0.6 is 0 Å². The Kier molecular flexibility index (Phi) is 5.07. The smallest absolute Gasteiger partial charge is 0.309 e. The van der Waals surface area contributed by atoms with E-state index in [0.29, 0.717) is 22.2 Å². The van der Waals surface area contributed by atoms with Gasteiger partial charge in [0.1, 0.15) is 11.9 Å². The normalized spacial score (nSPS) is 20.6. The number of fused-ring (bicyclic) bond motifs is 1. The van der Waals surface area contributed by atoms with Crippen LogP contribution in [0.25, 0.3) is 21.9 Å². The highest BCUT2D eigenvalue weighted by atomic mass is 19.1. The highest BCUT2D eigenvalue weighted by Crippen LogP contribution is 2.46. The summed E-state index contributed by atoms with van der Waals surface area (Å²) in [5.74, 6) is -2.72. The number of rotatable bonds is 5. The van der Waals surface area contributed by atoms with Crippen molar-refractivity contribution in [2.45, 2.75) is 45.6 Å². The lowest BCUT2D eigenvalue weighted by Crippen LogP contribution is -2.47. The third-order valence-corrected chi connectivity index (χ3v) is 5.91. The van der Waals surface area contributed by atoms with Crippen molar-refractivity contribution in [3.8, 4) is 22.8 Å². The molecule has 0 aliphatic heterocycles. The van der Waals surface area contributed by atoms with Gasteiger partial charge < -0.3 is 14.9 Å². The quantitative estimate of drug-likeness (QED) is 0.551. The van der Waals surface area contributed by atoms with Gasteiger partial charge in [-0.05, 0) is 48.1 Å². The second-order valence-electron chi connectivity index (χ2n) is 8.67. The molecule has 0 radical (unpaired) electrons. The van der Waals surface area contributed by atoms with E-state index in [2.05, 4.69) is 4.98 Å². The third kappa shape index (κ3) is 3.58. The van der Waals surface area contributed by atoms with Crippen LogP contribution < -0.4 is 4.74 Å². The molecule has 1 aromatic heterocycles. The Hall–Kier alpha value is -3.22. The van der Waals surface area contributed by atoms with E-state index in [-0.39, 0.29) is 35.8 Å². The van der Waals surface area contributed by atoms with Crippen LogP contribution in [-0.4, -0.2) is 27.3 Å². The number of carboxylic acid groups (broad SMARTS) is 1. The van der Waals surface area contributed by atoms with Crippen molar-refractivity contribution < 1.29 is 28.5 Å². The molecular weight excluding hydrogens is 404 g/mol. The maximum Gasteiger partial charge on any atom is 0.309 e. The molecule has 4 rings (SSSR count). The molecule has 0 saturated heterocycles. The van der Waals surface area contributed by atoms with Gasteiger partial charge in [0.25, 0.3) is 0 Å². The van der Waals surface area contributed by atoms with E-state index in [1.54, 1.807) is 25.1 Å². The first kappa shape index (κ1) is 21.0. The summed E-state index contributed by atoms with van der Waals surface area (Å²) >= 11 is 0. The zero-order chi connectivity index (χ0) is 22.5. The lowest BCUT2D eigenvalue weighted by Gasteiger charge is -2.41. The van der Waals surface area contributed by atoms with Crippen LogP contribution in [-0.2, 0) is 4.79 Å². The van der Waals surface area contributed by atoms with Crippen LogP contribution in [0.3, 0.4) is 0 Å². The van der Waals surface area contributed by atoms with Gasteiger partial charge in [-0.1, -0.05) is 26.0 Å². The highest BCUT2D eigenvalue weighted by molar-refractivity contribution is 6.01. The van der Waals surface area contributed by atoms with Crippen molar-refractivity contribution in [3.63, 3.8) is 0 Å². The third-order valence-electron chi connectivity index (χ3n) is 5.91. The molecule has 7 heteroatoms. The van der Waals surface area contributed by atoms with Gasteiger partial charge >= 0.3 is 5.97 Å². The number of carbonyl (C=O) groups is 1. The number of aliphatic carboxylic acids is 1. The van der Waals surface area contributed by atoms with E-state index in [1.807, 2.05) is 13.8 Å². The van der Waals surface area contributed by atoms with E-state index >= 15 is 4.39 Å². The topological polar surface area (TPSA) is 79.7 Å². The molecule has 5 nitrogen and oxygen atoms in total. The molecule has 162 valence electrons. The lowest BCUT2D eigenvalue weighted by molar-refractivity contribution is -0.159. The minimum absolute atomic E-state index is 0.0210. The van der Waals surface area contributed by atoms with Crippen LogP contribution in [0.15, 0.2) is 36.4 Å². The number of hydrogen-bond acceptors (Lipinski definition) is 4. The number of ether oxygens (including phenoxy) is 1. The first-order valence-corrected chi connectivity index (χ1v) is 10.1. The predicted octanol–water partition coefficient (Wildman–Crippen LogP) is 5.64. The van der Waals surface area contributed by atoms with Crippen LogP contribution in [0, 0.1) is 17.0 Å². The molecule has 3 aromatic rings. The molecule has 1 aliphatic carbocycles. The van der Waals surface area contributed by atoms with Gasteiger partial charge in [0.15, 0.2) is 11.6 Å². The number of aromatic hydroxyl groups is 1. The van der Waals surface area contributed by atoms with E-state index in [9.17, 15) is 19.4 Å². The largest absolute Gasteiger partial charge is 0.505 e. The average Bonchev–Trinajstić information content (AvgIpc) is 2.69. The molecule has 2 N–H and O–H groups in total. The van der Waals surface area contributed by atoms with Gasteiger partial charge in [-0.15, -0.1) is 0 Å². The number of carboxylic acids is 1. The number of hydrogen-bond donors (Lipinski definition) is 2. The summed E-state index contributed by atoms with van der Waals surface area (Å²) in [5.41, 5.74) is 1.07. The Morgan fingerprint density at radius 3 is 2.39 bits per heavy atom. The number of halogens is 2. The molecule has 31 heavy (non-hydrogen) atoms. The zero-order valence-electron chi connectivity index (χ0n) is 17.4. The second kappa shape index (κ2) is 7.48. The van der Waals surface area contributed by atoms with Crippen LogP contribution in [0.2, 0.25) is 0 Å². The summed E-state index contributed by atoms with van der Waals surface area (Å²) in [7, 11) is 0. The number of pyridine rings is 1. The van der Waals surface area contributed by atoms with E-state index < -0.39 is 29.1 Å². The first-order valence-electron chi connectivity index (χ1n) is 10.1. The van der Waals surface area contributed by atoms with Gasteiger partial charge in [-0.2, -0.15) is 0 Å². The van der Waals surface area contributed by atoms with E-state index in [4.69, 9.17) is 4.74 Å². The monoisotopic (exact) mass is 427 g/mol. The van der Waals surface area contributed by atoms with Crippen molar-refractivity contribution in [2.75, 3.05) is 0 Å². The molecule has 1 aliphatic rings. The molecule has 2 aromatic carbocycles. The molecule has 1 heterocycles. The van der Waals surface area contributed by atoms with Gasteiger partial charge in [0.2, 0.25) is 5.88 Å². The SMILES string of the molecule is CC(C)c1nc(O[C@H]2C[C@](C)(C(=O)O)C2)c2c(F)c(O)ccc2c1-c1ccc(F)cc1. The Balaban J connectivity index is 1.89.